The molecule has 1 atom stereocenters. The average molecular weight is 377 g/mol. The van der Waals surface area contributed by atoms with Crippen molar-refractivity contribution < 1.29 is 9.53 Å². The normalized spacial score (nSPS) is 16.0. The molecule has 0 aromatic heterocycles. The summed E-state index contributed by atoms with van der Waals surface area (Å²) < 4.78 is 5.25. The smallest absolute Gasteiger partial charge is 0.308 e. The van der Waals surface area contributed by atoms with Crippen LogP contribution in [0.1, 0.15) is 45.2 Å². The number of rotatable bonds is 6. The number of nitrogens with one attached hydrogen (secondary N) is 1. The first-order valence-corrected chi connectivity index (χ1v) is 8.29. The molecule has 1 saturated heterocycles. The molecule has 1 heterocycles. The fourth-order valence-corrected chi connectivity index (χ4v) is 3.00. The molecule has 2 rings (SSSR count). The molecule has 6 heteroatoms. The van der Waals surface area contributed by atoms with Crippen LogP contribution in [0.3, 0.4) is 0 Å². The maximum absolute atomic E-state index is 11.2. The van der Waals surface area contributed by atoms with Gasteiger partial charge in [0.15, 0.2) is 0 Å². The van der Waals surface area contributed by atoms with E-state index in [0.29, 0.717) is 17.7 Å². The Balaban J connectivity index is 0.00000264. The van der Waals surface area contributed by atoms with Gasteiger partial charge in [0.2, 0.25) is 0 Å². The van der Waals surface area contributed by atoms with E-state index >= 15 is 0 Å². The van der Waals surface area contributed by atoms with Gasteiger partial charge in [0.05, 0.1) is 0 Å². The molecule has 0 radical (unpaired) electrons. The number of esters is 1. The van der Waals surface area contributed by atoms with Crippen molar-refractivity contribution in [2.24, 2.45) is 5.92 Å². The molecule has 4 nitrogen and oxygen atoms in total. The van der Waals surface area contributed by atoms with Gasteiger partial charge in [0.25, 0.3) is 0 Å². The van der Waals surface area contributed by atoms with E-state index in [1.54, 1.807) is 0 Å². The average Bonchev–Trinajstić information content (AvgIpc) is 2.48. The lowest BCUT2D eigenvalue weighted by atomic mass is 9.95. The van der Waals surface area contributed by atoms with Crippen LogP contribution in [-0.2, 0) is 4.79 Å². The molecule has 0 bridgehead atoms. The maximum Gasteiger partial charge on any atom is 0.308 e. The summed E-state index contributed by atoms with van der Waals surface area (Å²) in [5.74, 6) is 1.08. The Labute approximate surface area is 158 Å². The summed E-state index contributed by atoms with van der Waals surface area (Å²) in [7, 11) is 0. The third kappa shape index (κ3) is 7.39. The van der Waals surface area contributed by atoms with Crippen molar-refractivity contribution in [2.75, 3.05) is 26.2 Å². The van der Waals surface area contributed by atoms with Gasteiger partial charge in [-0.1, -0.05) is 26.0 Å². The van der Waals surface area contributed by atoms with Gasteiger partial charge >= 0.3 is 5.97 Å². The minimum absolute atomic E-state index is 0. The number of piperazine rings is 1. The number of carbonyl (C=O) groups is 1. The molecule has 24 heavy (non-hydrogen) atoms. The Morgan fingerprint density at radius 3 is 2.46 bits per heavy atom. The van der Waals surface area contributed by atoms with E-state index in [4.69, 9.17) is 4.74 Å². The Morgan fingerprint density at radius 1 is 1.21 bits per heavy atom. The number of carbonyl (C=O) groups excluding carboxylic acids is 1. The van der Waals surface area contributed by atoms with Crippen molar-refractivity contribution in [3.05, 3.63) is 29.8 Å². The molecule has 0 saturated carbocycles. The Kier molecular flexibility index (Phi) is 11.3. The van der Waals surface area contributed by atoms with E-state index in [2.05, 4.69) is 30.1 Å². The number of nitrogens with zero attached hydrogens (tertiary/aromatic N) is 1. The van der Waals surface area contributed by atoms with Crippen LogP contribution in [0, 0.1) is 5.92 Å². The number of halogens is 2. The molecule has 1 aliphatic rings. The molecule has 1 N–H and O–H groups in total. The van der Waals surface area contributed by atoms with E-state index in [1.807, 2.05) is 18.2 Å². The minimum atomic E-state index is -0.266. The predicted octanol–water partition coefficient (Wildman–Crippen LogP) is 3.84. The molecule has 0 spiro atoms. The van der Waals surface area contributed by atoms with Gasteiger partial charge in [0, 0.05) is 39.1 Å². The van der Waals surface area contributed by atoms with Gasteiger partial charge in [-0.15, -0.1) is 24.8 Å². The van der Waals surface area contributed by atoms with Gasteiger partial charge in [-0.2, -0.15) is 0 Å². The zero-order valence-electron chi connectivity index (χ0n) is 14.8. The van der Waals surface area contributed by atoms with Crippen LogP contribution in [0.25, 0.3) is 0 Å². The Morgan fingerprint density at radius 2 is 1.88 bits per heavy atom. The fraction of sp³-hybridized carbons (Fsp3) is 0.611. The van der Waals surface area contributed by atoms with Crippen LogP contribution in [0.15, 0.2) is 24.3 Å². The highest BCUT2D eigenvalue weighted by molar-refractivity contribution is 5.85. The SMILES string of the molecule is CC(=O)Oc1cccc([C@H](CCC(C)C)N2CCNCC2)c1.Cl.Cl. The van der Waals surface area contributed by atoms with E-state index < -0.39 is 0 Å². The number of hydrogen-bond donors (Lipinski definition) is 1. The largest absolute Gasteiger partial charge is 0.427 e. The highest BCUT2D eigenvalue weighted by atomic mass is 35.5. The van der Waals surface area contributed by atoms with Crippen LogP contribution < -0.4 is 10.1 Å². The zero-order valence-corrected chi connectivity index (χ0v) is 16.4. The summed E-state index contributed by atoms with van der Waals surface area (Å²) >= 11 is 0. The second kappa shape index (κ2) is 11.7. The summed E-state index contributed by atoms with van der Waals surface area (Å²) in [6.45, 7) is 10.2. The van der Waals surface area contributed by atoms with E-state index in [1.165, 1.54) is 18.9 Å². The number of ether oxygens (including phenoxy) is 1. The summed E-state index contributed by atoms with van der Waals surface area (Å²) in [5, 5.41) is 3.41. The number of hydrogen-bond acceptors (Lipinski definition) is 4. The van der Waals surface area contributed by atoms with Gasteiger partial charge in [-0.25, -0.2) is 0 Å². The first-order valence-electron chi connectivity index (χ1n) is 8.29. The molecule has 138 valence electrons. The van der Waals surface area contributed by atoms with E-state index in [0.717, 1.165) is 32.6 Å². The molecular weight excluding hydrogens is 347 g/mol. The third-order valence-corrected chi connectivity index (χ3v) is 4.11. The quantitative estimate of drug-likeness (QED) is 0.604. The molecule has 0 aliphatic carbocycles. The van der Waals surface area contributed by atoms with E-state index in [-0.39, 0.29) is 30.8 Å². The molecule has 0 unspecified atom stereocenters. The van der Waals surface area contributed by atoms with Crippen molar-refractivity contribution in [1.29, 1.82) is 0 Å². The predicted molar refractivity (Wildman–Crippen MR) is 104 cm³/mol. The highest BCUT2D eigenvalue weighted by Crippen LogP contribution is 2.30. The standard InChI is InChI=1S/C18H28N2O2.2ClH/c1-14(2)7-8-18(20-11-9-19-10-12-20)16-5-4-6-17(13-16)22-15(3)21;;/h4-6,13-14,18-19H,7-12H2,1-3H3;2*1H/t18-;;/m0../s1. The molecular formula is C18H30Cl2N2O2. The zero-order chi connectivity index (χ0) is 15.9. The van der Waals surface area contributed by atoms with Crippen molar-refractivity contribution in [2.45, 2.75) is 39.7 Å². The van der Waals surface area contributed by atoms with Crippen LogP contribution >= 0.6 is 24.8 Å². The molecule has 1 fully saturated rings. The van der Waals surface area contributed by atoms with E-state index in [9.17, 15) is 4.79 Å². The van der Waals surface area contributed by atoms with Gasteiger partial charge in [0.1, 0.15) is 5.75 Å². The first-order chi connectivity index (χ1) is 10.6. The summed E-state index contributed by atoms with van der Waals surface area (Å²) in [5.41, 5.74) is 1.25. The van der Waals surface area contributed by atoms with Crippen molar-refractivity contribution in [1.82, 2.24) is 10.2 Å². The van der Waals surface area contributed by atoms with Crippen LogP contribution in [0.5, 0.6) is 5.75 Å². The third-order valence-electron chi connectivity index (χ3n) is 4.11. The maximum atomic E-state index is 11.2. The monoisotopic (exact) mass is 376 g/mol. The van der Waals surface area contributed by atoms with Gasteiger partial charge in [-0.3, -0.25) is 9.69 Å². The van der Waals surface area contributed by atoms with Gasteiger partial charge in [-0.05, 0) is 36.5 Å². The Bertz CT molecular complexity index is 492. The van der Waals surface area contributed by atoms with Crippen molar-refractivity contribution in [3.8, 4) is 5.75 Å². The lowest BCUT2D eigenvalue weighted by Gasteiger charge is -2.35. The molecule has 1 aromatic rings. The topological polar surface area (TPSA) is 41.6 Å². The summed E-state index contributed by atoms with van der Waals surface area (Å²) in [4.78, 5) is 13.7. The highest BCUT2D eigenvalue weighted by Gasteiger charge is 2.22. The Hall–Kier alpha value is -0.810. The van der Waals surface area contributed by atoms with Crippen LogP contribution in [-0.4, -0.2) is 37.0 Å². The number of benzene rings is 1. The fourth-order valence-electron chi connectivity index (χ4n) is 3.00. The van der Waals surface area contributed by atoms with Crippen LogP contribution in [0.4, 0.5) is 0 Å². The second-order valence-corrected chi connectivity index (χ2v) is 6.44. The summed E-state index contributed by atoms with van der Waals surface area (Å²) in [6.07, 6.45) is 2.34. The lowest BCUT2D eigenvalue weighted by molar-refractivity contribution is -0.131. The second-order valence-electron chi connectivity index (χ2n) is 6.44. The van der Waals surface area contributed by atoms with Gasteiger partial charge < -0.3 is 10.1 Å². The molecule has 0 amide bonds. The molecule has 1 aromatic carbocycles. The summed E-state index contributed by atoms with van der Waals surface area (Å²) in [6, 6.07) is 8.41. The first kappa shape index (κ1) is 23.2. The molecule has 1 aliphatic heterocycles. The minimum Gasteiger partial charge on any atom is -0.427 e. The van der Waals surface area contributed by atoms with Crippen molar-refractivity contribution >= 4 is 30.8 Å². The lowest BCUT2D eigenvalue weighted by Crippen LogP contribution is -2.45. The van der Waals surface area contributed by atoms with Crippen molar-refractivity contribution in [3.63, 3.8) is 0 Å². The van der Waals surface area contributed by atoms with Crippen LogP contribution in [0.2, 0.25) is 0 Å².